The maximum absolute atomic E-state index is 13.3. The molecule has 6 amide bonds. The number of nitrogens with one attached hydrogen (secondary N) is 4. The van der Waals surface area contributed by atoms with E-state index in [-0.39, 0.29) is 30.2 Å². The fourth-order valence-electron chi connectivity index (χ4n) is 3.59. The summed E-state index contributed by atoms with van der Waals surface area (Å²) in [6, 6.07) is -7.07. The molecule has 1 rings (SSSR count). The zero-order chi connectivity index (χ0) is 29.9. The molecule has 0 radical (unpaired) electrons. The second-order valence-corrected chi connectivity index (χ2v) is 9.86. The monoisotopic (exact) mass is 609 g/mol. The summed E-state index contributed by atoms with van der Waals surface area (Å²) in [6.07, 6.45) is 0.0612. The Hall–Kier alpha value is -2.70. The number of carboxylic acid groups (broad SMARTS) is 1. The molecule has 0 aromatic heterocycles. The molecule has 0 spiro atoms. The number of primary amides is 1. The van der Waals surface area contributed by atoms with Crippen LogP contribution >= 0.6 is 37.9 Å². The van der Waals surface area contributed by atoms with Crippen molar-refractivity contribution < 1.29 is 38.7 Å². The molecule has 39 heavy (non-hydrogen) atoms. The average molecular weight is 610 g/mol. The van der Waals surface area contributed by atoms with E-state index in [1.165, 1.54) is 6.92 Å². The number of amides is 6. The molecular formula is C21H35N7O8S3. The van der Waals surface area contributed by atoms with Gasteiger partial charge < -0.3 is 42.7 Å². The van der Waals surface area contributed by atoms with Crippen LogP contribution < -0.4 is 32.7 Å². The summed E-state index contributed by atoms with van der Waals surface area (Å²) in [5.74, 6) is -6.22. The Labute approximate surface area is 241 Å². The van der Waals surface area contributed by atoms with Gasteiger partial charge in [0.2, 0.25) is 35.4 Å². The van der Waals surface area contributed by atoms with Gasteiger partial charge in [-0.05, 0) is 19.8 Å². The minimum atomic E-state index is -1.45. The van der Waals surface area contributed by atoms with E-state index in [2.05, 4.69) is 59.2 Å². The van der Waals surface area contributed by atoms with Crippen molar-refractivity contribution in [1.29, 1.82) is 0 Å². The van der Waals surface area contributed by atoms with Gasteiger partial charge in [-0.15, -0.1) is 0 Å². The third kappa shape index (κ3) is 10.4. The van der Waals surface area contributed by atoms with Crippen molar-refractivity contribution in [2.24, 2.45) is 11.5 Å². The fourth-order valence-corrected chi connectivity index (χ4v) is 4.26. The van der Waals surface area contributed by atoms with Crippen molar-refractivity contribution in [1.82, 2.24) is 26.2 Å². The molecule has 6 atom stereocenters. The lowest BCUT2D eigenvalue weighted by atomic mass is 10.1. The highest BCUT2D eigenvalue weighted by Gasteiger charge is 2.39. The van der Waals surface area contributed by atoms with E-state index in [4.69, 9.17) is 16.6 Å². The lowest BCUT2D eigenvalue weighted by molar-refractivity contribution is -0.143. The van der Waals surface area contributed by atoms with Crippen molar-refractivity contribution in [2.75, 3.05) is 23.8 Å². The fraction of sp³-hybridized carbons (Fsp3) is 0.667. The normalized spacial score (nSPS) is 18.6. The molecule has 1 aliphatic rings. The maximum Gasteiger partial charge on any atom is 0.327 e. The Kier molecular flexibility index (Phi) is 14.4. The van der Waals surface area contributed by atoms with Crippen LogP contribution in [0.15, 0.2) is 0 Å². The van der Waals surface area contributed by atoms with Crippen LogP contribution in [0.1, 0.15) is 26.2 Å². The van der Waals surface area contributed by atoms with Crippen molar-refractivity contribution in [3.63, 3.8) is 0 Å². The quantitative estimate of drug-likeness (QED) is 0.0813. The smallest absolute Gasteiger partial charge is 0.327 e. The van der Waals surface area contributed by atoms with Gasteiger partial charge in [-0.3, -0.25) is 28.8 Å². The molecule has 6 unspecified atom stereocenters. The molecule has 220 valence electrons. The molecule has 0 aromatic rings. The molecule has 1 aliphatic heterocycles. The summed E-state index contributed by atoms with van der Waals surface area (Å²) in [7, 11) is 0. The minimum absolute atomic E-state index is 0.0174. The highest BCUT2D eigenvalue weighted by atomic mass is 32.1. The average Bonchev–Trinajstić information content (AvgIpc) is 3.38. The Balaban J connectivity index is 2.96. The largest absolute Gasteiger partial charge is 0.480 e. The number of hydrogen-bond acceptors (Lipinski definition) is 11. The van der Waals surface area contributed by atoms with Gasteiger partial charge in [0.05, 0.1) is 12.5 Å². The van der Waals surface area contributed by atoms with Crippen molar-refractivity contribution in [2.45, 2.75) is 62.4 Å². The van der Waals surface area contributed by atoms with E-state index in [0.29, 0.717) is 6.42 Å². The molecule has 15 nitrogen and oxygen atoms in total. The van der Waals surface area contributed by atoms with Gasteiger partial charge in [0.25, 0.3) is 0 Å². The van der Waals surface area contributed by atoms with Gasteiger partial charge in [0, 0.05) is 23.8 Å². The Morgan fingerprint density at radius 1 is 0.872 bits per heavy atom. The first-order valence-corrected chi connectivity index (χ1v) is 13.8. The second-order valence-electron chi connectivity index (χ2n) is 8.77. The van der Waals surface area contributed by atoms with Gasteiger partial charge in [-0.1, -0.05) is 0 Å². The molecule has 0 aliphatic carbocycles. The number of thiol groups is 3. The van der Waals surface area contributed by atoms with Crippen LogP contribution in [0.4, 0.5) is 0 Å². The second kappa shape index (κ2) is 16.4. The van der Waals surface area contributed by atoms with E-state index in [1.54, 1.807) is 0 Å². The topological polar surface area (TPSA) is 243 Å². The zero-order valence-corrected chi connectivity index (χ0v) is 23.8. The van der Waals surface area contributed by atoms with Gasteiger partial charge in [-0.2, -0.15) is 37.9 Å². The molecule has 0 bridgehead atoms. The van der Waals surface area contributed by atoms with Gasteiger partial charge in [0.15, 0.2) is 0 Å². The number of nitrogens with zero attached hydrogens (tertiary/aromatic N) is 1. The van der Waals surface area contributed by atoms with E-state index in [0.717, 1.165) is 4.90 Å². The van der Waals surface area contributed by atoms with Crippen LogP contribution in [0.3, 0.4) is 0 Å². The molecule has 0 saturated carbocycles. The number of likely N-dealkylation sites (tertiary alicyclic amines) is 1. The van der Waals surface area contributed by atoms with Crippen LogP contribution in [-0.4, -0.2) is 111 Å². The van der Waals surface area contributed by atoms with Crippen LogP contribution in [0, 0.1) is 0 Å². The first-order valence-electron chi connectivity index (χ1n) is 11.9. The maximum atomic E-state index is 13.3. The summed E-state index contributed by atoms with van der Waals surface area (Å²) in [5.41, 5.74) is 10.9. The Morgan fingerprint density at radius 3 is 1.95 bits per heavy atom. The number of hydrogen-bond donors (Lipinski definition) is 10. The number of nitrogens with two attached hydrogens (primary N) is 2. The van der Waals surface area contributed by atoms with Crippen LogP contribution in [0.25, 0.3) is 0 Å². The molecule has 18 heteroatoms. The first kappa shape index (κ1) is 34.3. The molecule has 0 aromatic carbocycles. The van der Waals surface area contributed by atoms with Gasteiger partial charge in [-0.25, -0.2) is 4.79 Å². The first-order chi connectivity index (χ1) is 18.3. The standard InChI is InChI=1S/C21H35N7O8S3/c1-9(16(30)27-13(8-39)21(35)36)24-19(33)14-3-2-4-28(14)20(34)11(5-15(23)29)25-18(32)12(7-38)26-17(31)10(22)6-37/h9-14,37-39H,2-8,22H2,1H3,(H2,23,29)(H,24,33)(H,25,32)(H,26,31)(H,27,30)(H,35,36). The van der Waals surface area contributed by atoms with Crippen LogP contribution in [-0.2, 0) is 33.6 Å². The number of carbonyl (C=O) groups is 7. The number of carboxylic acids is 1. The minimum Gasteiger partial charge on any atom is -0.480 e. The molecule has 1 saturated heterocycles. The Bertz CT molecular complexity index is 956. The number of carbonyl (C=O) groups excluding carboxylic acids is 6. The number of rotatable bonds is 15. The lowest BCUT2D eigenvalue weighted by Crippen LogP contribution is -2.59. The van der Waals surface area contributed by atoms with Crippen LogP contribution in [0.2, 0.25) is 0 Å². The zero-order valence-electron chi connectivity index (χ0n) is 21.2. The molecule has 9 N–H and O–H groups in total. The summed E-state index contributed by atoms with van der Waals surface area (Å²) in [6.45, 7) is 1.46. The van der Waals surface area contributed by atoms with Gasteiger partial charge in [0.1, 0.15) is 30.2 Å². The van der Waals surface area contributed by atoms with Crippen molar-refractivity contribution >= 4 is 79.3 Å². The molecule has 1 fully saturated rings. The third-order valence-corrected chi connectivity index (χ3v) is 6.88. The summed E-state index contributed by atoms with van der Waals surface area (Å²) in [4.78, 5) is 87.4. The SMILES string of the molecule is CC(NC(=O)C1CCCN1C(=O)C(CC(N)=O)NC(=O)C(CS)NC(=O)C(N)CS)C(=O)NC(CS)C(=O)O. The van der Waals surface area contributed by atoms with E-state index in [1.807, 2.05) is 0 Å². The molecule has 1 heterocycles. The summed E-state index contributed by atoms with van der Waals surface area (Å²) >= 11 is 11.8. The summed E-state index contributed by atoms with van der Waals surface area (Å²) < 4.78 is 0. The predicted octanol–water partition coefficient (Wildman–Crippen LogP) is -3.99. The molecular weight excluding hydrogens is 574 g/mol. The van der Waals surface area contributed by atoms with Crippen molar-refractivity contribution in [3.05, 3.63) is 0 Å². The highest BCUT2D eigenvalue weighted by molar-refractivity contribution is 7.80. The number of aliphatic carboxylic acids is 1. The highest BCUT2D eigenvalue weighted by Crippen LogP contribution is 2.19. The van der Waals surface area contributed by atoms with E-state index < -0.39 is 84.1 Å². The van der Waals surface area contributed by atoms with E-state index in [9.17, 15) is 33.6 Å². The van der Waals surface area contributed by atoms with Crippen molar-refractivity contribution in [3.8, 4) is 0 Å². The van der Waals surface area contributed by atoms with Gasteiger partial charge >= 0.3 is 5.97 Å². The summed E-state index contributed by atoms with van der Waals surface area (Å²) in [5, 5.41) is 18.5. The lowest BCUT2D eigenvalue weighted by Gasteiger charge is -2.30. The third-order valence-electron chi connectivity index (χ3n) is 5.76. The van der Waals surface area contributed by atoms with E-state index >= 15 is 0 Å². The Morgan fingerprint density at radius 2 is 1.44 bits per heavy atom. The predicted molar refractivity (Wildman–Crippen MR) is 149 cm³/mol. The van der Waals surface area contributed by atoms with Crippen LogP contribution in [0.5, 0.6) is 0 Å².